The molecular formula is C57H72N6O13S. The Bertz CT molecular complexity index is 2920. The highest BCUT2D eigenvalue weighted by molar-refractivity contribution is 7.85. The van der Waals surface area contributed by atoms with Crippen molar-refractivity contribution >= 4 is 74.3 Å². The van der Waals surface area contributed by atoms with E-state index in [-0.39, 0.29) is 62.6 Å². The molecule has 1 fully saturated rings. The maximum absolute atomic E-state index is 14.7. The third kappa shape index (κ3) is 19.6. The van der Waals surface area contributed by atoms with Gasteiger partial charge in [0.15, 0.2) is 0 Å². The van der Waals surface area contributed by atoms with Crippen LogP contribution in [0.2, 0.25) is 0 Å². The third-order valence-corrected chi connectivity index (χ3v) is 13.1. The molecule has 1 heterocycles. The number of carbonyl (C=O) groups excluding carboxylic acids is 7. The molecule has 0 spiro atoms. The summed E-state index contributed by atoms with van der Waals surface area (Å²) < 4.78 is 37.9. The molecular weight excluding hydrogens is 1010 g/mol. The van der Waals surface area contributed by atoms with Gasteiger partial charge in [-0.2, -0.15) is 8.42 Å². The molecule has 19 nitrogen and oxygen atoms in total. The molecule has 0 radical (unpaired) electrons. The highest BCUT2D eigenvalue weighted by atomic mass is 32.2. The Hall–Kier alpha value is -7.45. The van der Waals surface area contributed by atoms with Crippen molar-refractivity contribution in [1.82, 2.24) is 31.5 Å². The van der Waals surface area contributed by atoms with E-state index >= 15 is 0 Å². The molecule has 5 rings (SSSR count). The van der Waals surface area contributed by atoms with Crippen LogP contribution in [0.3, 0.4) is 0 Å². The zero-order valence-electron chi connectivity index (χ0n) is 44.7. The Morgan fingerprint density at radius 3 is 2.03 bits per heavy atom. The molecule has 0 unspecified atom stereocenters. The molecule has 5 atom stereocenters. The number of benzene rings is 4. The van der Waals surface area contributed by atoms with E-state index in [0.717, 1.165) is 10.8 Å². The van der Waals surface area contributed by atoms with Crippen LogP contribution in [0.15, 0.2) is 97.1 Å². The average Bonchev–Trinajstić information content (AvgIpc) is 3.84. The SMILES string of the molecule is CCC[C@H](NC(=O)[C@H](Cc1ccc(CS(=O)(=O)O)cc1)NC(=O)c1cccc(/C=C/C(=O)OC(C)(C)C)c1)C(=O)N1CCC[C@H]1C(=O)N[C@@H](Cc1cccc2ccccc12)C(=O)N[C@@H](CCCC(=O)O)C(=O)NC(C)(C)C. The van der Waals surface area contributed by atoms with E-state index in [9.17, 15) is 56.4 Å². The fourth-order valence-corrected chi connectivity index (χ4v) is 9.51. The number of esters is 1. The van der Waals surface area contributed by atoms with Gasteiger partial charge in [-0.1, -0.05) is 92.2 Å². The van der Waals surface area contributed by atoms with Crippen molar-refractivity contribution in [3.8, 4) is 0 Å². The number of nitrogens with zero attached hydrogens (tertiary/aromatic N) is 1. The Balaban J connectivity index is 1.40. The number of hydrogen-bond donors (Lipinski definition) is 7. The number of likely N-dealkylation sites (tertiary alicyclic amines) is 1. The lowest BCUT2D eigenvalue weighted by molar-refractivity contribution is -0.148. The van der Waals surface area contributed by atoms with Crippen LogP contribution in [0.4, 0.5) is 0 Å². The van der Waals surface area contributed by atoms with Crippen LogP contribution < -0.4 is 26.6 Å². The van der Waals surface area contributed by atoms with E-state index < -0.39 is 105 Å². The van der Waals surface area contributed by atoms with E-state index in [1.807, 2.05) is 49.4 Å². The third-order valence-electron chi connectivity index (χ3n) is 12.4. The minimum Gasteiger partial charge on any atom is -0.481 e. The van der Waals surface area contributed by atoms with Gasteiger partial charge in [0.05, 0.1) is 0 Å². The van der Waals surface area contributed by atoms with Gasteiger partial charge in [-0.25, -0.2) is 4.79 Å². The second-order valence-corrected chi connectivity index (χ2v) is 22.7. The van der Waals surface area contributed by atoms with Gasteiger partial charge in [0.2, 0.25) is 29.5 Å². The molecule has 0 saturated carbocycles. The molecule has 4 aromatic carbocycles. The summed E-state index contributed by atoms with van der Waals surface area (Å²) in [7, 11) is -4.34. The number of rotatable bonds is 24. The lowest BCUT2D eigenvalue weighted by Gasteiger charge is -2.31. The van der Waals surface area contributed by atoms with Gasteiger partial charge < -0.3 is 41.3 Å². The Kier molecular flexibility index (Phi) is 21.2. The molecule has 7 N–H and O–H groups in total. The smallest absolute Gasteiger partial charge is 0.331 e. The first-order valence-corrected chi connectivity index (χ1v) is 27.4. The number of carboxylic acids is 1. The molecule has 414 valence electrons. The van der Waals surface area contributed by atoms with E-state index in [4.69, 9.17) is 4.74 Å². The summed E-state index contributed by atoms with van der Waals surface area (Å²) in [6, 6.07) is 19.4. The predicted octanol–water partition coefficient (Wildman–Crippen LogP) is 5.58. The summed E-state index contributed by atoms with van der Waals surface area (Å²) in [6.45, 7) is 12.4. The van der Waals surface area contributed by atoms with Crippen LogP contribution in [0.5, 0.6) is 0 Å². The van der Waals surface area contributed by atoms with Gasteiger partial charge in [-0.3, -0.25) is 38.1 Å². The average molecular weight is 1080 g/mol. The Labute approximate surface area is 450 Å². The Morgan fingerprint density at radius 1 is 0.740 bits per heavy atom. The van der Waals surface area contributed by atoms with Gasteiger partial charge in [-0.05, 0) is 125 Å². The monoisotopic (exact) mass is 1080 g/mol. The number of hydrogen-bond acceptors (Lipinski definition) is 11. The fraction of sp³-hybridized carbons (Fsp3) is 0.439. The largest absolute Gasteiger partial charge is 0.481 e. The number of ether oxygens (including phenoxy) is 1. The molecule has 0 bridgehead atoms. The normalized spacial score (nSPS) is 15.4. The topological polar surface area (TPSA) is 284 Å². The van der Waals surface area contributed by atoms with Crippen molar-refractivity contribution in [1.29, 1.82) is 0 Å². The number of carboxylic acid groups (broad SMARTS) is 1. The van der Waals surface area contributed by atoms with Crippen LogP contribution >= 0.6 is 0 Å². The summed E-state index contributed by atoms with van der Waals surface area (Å²) >= 11 is 0. The molecule has 20 heteroatoms. The van der Waals surface area contributed by atoms with Gasteiger partial charge in [0, 0.05) is 43.0 Å². The van der Waals surface area contributed by atoms with E-state index in [1.54, 1.807) is 65.8 Å². The van der Waals surface area contributed by atoms with Gasteiger partial charge in [-0.15, -0.1) is 0 Å². The van der Waals surface area contributed by atoms with Gasteiger partial charge >= 0.3 is 11.9 Å². The minimum absolute atomic E-state index is 0.000359. The number of carbonyl (C=O) groups is 8. The summed E-state index contributed by atoms with van der Waals surface area (Å²) in [6.07, 6.45) is 3.59. The van der Waals surface area contributed by atoms with Crippen LogP contribution in [-0.4, -0.2) is 118 Å². The van der Waals surface area contributed by atoms with Crippen molar-refractivity contribution in [2.75, 3.05) is 6.54 Å². The first-order chi connectivity index (χ1) is 36.2. The zero-order valence-corrected chi connectivity index (χ0v) is 45.5. The predicted molar refractivity (Wildman–Crippen MR) is 290 cm³/mol. The number of aliphatic carboxylic acids is 1. The molecule has 1 saturated heterocycles. The van der Waals surface area contributed by atoms with Crippen LogP contribution in [0.25, 0.3) is 16.8 Å². The maximum Gasteiger partial charge on any atom is 0.331 e. The molecule has 0 aromatic heterocycles. The number of amides is 6. The van der Waals surface area contributed by atoms with E-state index in [2.05, 4.69) is 26.6 Å². The minimum atomic E-state index is -4.34. The highest BCUT2D eigenvalue weighted by Gasteiger charge is 2.40. The summed E-state index contributed by atoms with van der Waals surface area (Å²) in [5.41, 5.74) is 0.695. The van der Waals surface area contributed by atoms with Crippen LogP contribution in [0.1, 0.15) is 126 Å². The van der Waals surface area contributed by atoms with Crippen molar-refractivity contribution in [3.63, 3.8) is 0 Å². The standard InChI is InChI=1S/C57H72N6O13S/c1-8-15-44(59-51(68)45(33-37-25-27-38(28-26-37)35-77(73,74)75)60-50(67)41-20-11-16-36(32-41)29-30-49(66)76-57(5,6)7)55(72)63-31-14-23-47(63)54(71)61-46(34-40-19-12-18-39-17-9-10-21-42(39)40)52(69)58-43(22-13-24-48(64)65)53(70)62-56(2,3)4/h9-12,16-21,25-30,32,43-47H,8,13-15,22-24,31,33-35H2,1-7H3,(H,58,69)(H,59,68)(H,60,67)(H,61,71)(H,62,70)(H,64,65)(H,73,74,75)/b30-29+/t43-,44-,45-,46-,47-/m0/s1. The second kappa shape index (κ2) is 27.0. The quantitative estimate of drug-likeness (QED) is 0.0257. The fourth-order valence-electron chi connectivity index (χ4n) is 8.90. The molecule has 1 aliphatic heterocycles. The Morgan fingerprint density at radius 2 is 1.38 bits per heavy atom. The van der Waals surface area contributed by atoms with E-state index in [1.165, 1.54) is 41.3 Å². The number of fused-ring (bicyclic) bond motifs is 1. The van der Waals surface area contributed by atoms with Gasteiger partial charge in [0.1, 0.15) is 41.6 Å². The highest BCUT2D eigenvalue weighted by Crippen LogP contribution is 2.24. The summed E-state index contributed by atoms with van der Waals surface area (Å²) in [5, 5.41) is 25.2. The van der Waals surface area contributed by atoms with Crippen molar-refractivity contribution in [3.05, 3.63) is 125 Å². The molecule has 6 amide bonds. The van der Waals surface area contributed by atoms with Crippen molar-refractivity contribution in [2.45, 2.75) is 153 Å². The number of nitrogens with one attached hydrogen (secondary N) is 5. The van der Waals surface area contributed by atoms with Gasteiger partial charge in [0.25, 0.3) is 16.0 Å². The second-order valence-electron chi connectivity index (χ2n) is 21.3. The molecule has 0 aliphatic carbocycles. The zero-order chi connectivity index (χ0) is 56.7. The van der Waals surface area contributed by atoms with E-state index in [0.29, 0.717) is 29.5 Å². The van der Waals surface area contributed by atoms with Crippen LogP contribution in [-0.2, 0) is 67.0 Å². The summed E-state index contributed by atoms with van der Waals surface area (Å²) in [4.78, 5) is 111. The van der Waals surface area contributed by atoms with Crippen molar-refractivity contribution < 1.29 is 61.2 Å². The maximum atomic E-state index is 14.7. The molecule has 77 heavy (non-hydrogen) atoms. The first kappa shape index (κ1) is 60.4. The van der Waals surface area contributed by atoms with Crippen molar-refractivity contribution in [2.24, 2.45) is 0 Å². The lowest BCUT2D eigenvalue weighted by atomic mass is 9.97. The molecule has 4 aromatic rings. The molecule has 1 aliphatic rings. The summed E-state index contributed by atoms with van der Waals surface area (Å²) in [5.74, 6) is -6.16. The van der Waals surface area contributed by atoms with Crippen LogP contribution in [0, 0.1) is 0 Å². The first-order valence-electron chi connectivity index (χ1n) is 25.8. The lowest BCUT2D eigenvalue weighted by Crippen LogP contribution is -2.59.